The van der Waals surface area contributed by atoms with Crippen LogP contribution in [0.5, 0.6) is 0 Å². The molecule has 1 aromatic carbocycles. The van der Waals surface area contributed by atoms with Crippen molar-refractivity contribution in [3.8, 4) is 5.69 Å². The lowest BCUT2D eigenvalue weighted by atomic mass is 10.0. The first-order valence-corrected chi connectivity index (χ1v) is 9.12. The fraction of sp³-hybridized carbons (Fsp3) is 0.312. The molecule has 5 nitrogen and oxygen atoms in total. The number of benzene rings is 1. The summed E-state index contributed by atoms with van der Waals surface area (Å²) in [4.78, 5) is 2.89. The van der Waals surface area contributed by atoms with Crippen LogP contribution in [0.2, 0.25) is 0 Å². The van der Waals surface area contributed by atoms with E-state index < -0.39 is 0 Å². The summed E-state index contributed by atoms with van der Waals surface area (Å²) in [6, 6.07) is 8.83. The molecule has 0 fully saturated rings. The van der Waals surface area contributed by atoms with E-state index >= 15 is 0 Å². The van der Waals surface area contributed by atoms with Gasteiger partial charge in [-0.1, -0.05) is 6.07 Å². The summed E-state index contributed by atoms with van der Waals surface area (Å²) in [5.74, 6) is -0.316. The molecule has 0 bridgehead atoms. The number of nitrogens with zero attached hydrogens (tertiary/aromatic N) is 4. The van der Waals surface area contributed by atoms with E-state index in [0.717, 1.165) is 13.0 Å². The van der Waals surface area contributed by atoms with Gasteiger partial charge in [-0.05, 0) is 59.2 Å². The molecule has 1 N–H and O–H groups in total. The van der Waals surface area contributed by atoms with E-state index in [2.05, 4.69) is 28.8 Å². The van der Waals surface area contributed by atoms with Gasteiger partial charge >= 0.3 is 0 Å². The Hall–Kier alpha value is -1.90. The molecule has 0 amide bonds. The van der Waals surface area contributed by atoms with Crippen LogP contribution in [0, 0.1) is 10.6 Å². The first kappa shape index (κ1) is 15.6. The van der Waals surface area contributed by atoms with Crippen LogP contribution in [0.4, 0.5) is 4.39 Å². The van der Waals surface area contributed by atoms with Crippen molar-refractivity contribution in [1.29, 1.82) is 0 Å². The van der Waals surface area contributed by atoms with Gasteiger partial charge in [0, 0.05) is 16.9 Å². The van der Waals surface area contributed by atoms with Gasteiger partial charge in [0.05, 0.1) is 12.2 Å². The summed E-state index contributed by atoms with van der Waals surface area (Å²) in [5.41, 5.74) is 2.01. The molecule has 2 aromatic heterocycles. The van der Waals surface area contributed by atoms with E-state index in [9.17, 15) is 4.39 Å². The van der Waals surface area contributed by atoms with E-state index in [-0.39, 0.29) is 5.82 Å². The number of hydrogen-bond acceptors (Lipinski definition) is 4. The minimum Gasteiger partial charge on any atom is -0.310 e. The Kier molecular flexibility index (Phi) is 4.03. The standard InChI is InChI=1S/C16H16FN5S2/c1-11-14-6-8-24-15(14)5-7-20(11)10-21-16(23)22(19-18-21)13-4-2-3-12(17)9-13/h2-4,6,8-9,11H,5,7,10H2,1H3/p+1/t11-/m1/s1. The summed E-state index contributed by atoms with van der Waals surface area (Å²) >= 11 is 7.32. The molecule has 8 heteroatoms. The second-order valence-corrected chi connectivity index (χ2v) is 7.36. The summed E-state index contributed by atoms with van der Waals surface area (Å²) in [7, 11) is 0. The Balaban J connectivity index is 1.60. The van der Waals surface area contributed by atoms with Gasteiger partial charge in [0.2, 0.25) is 4.77 Å². The third-order valence-corrected chi connectivity index (χ3v) is 5.96. The monoisotopic (exact) mass is 362 g/mol. The lowest BCUT2D eigenvalue weighted by molar-refractivity contribution is -0.954. The zero-order chi connectivity index (χ0) is 16.7. The van der Waals surface area contributed by atoms with Crippen LogP contribution in [0.15, 0.2) is 35.7 Å². The lowest BCUT2D eigenvalue weighted by Gasteiger charge is -2.29. The van der Waals surface area contributed by atoms with Gasteiger partial charge in [-0.2, -0.15) is 9.36 Å². The number of fused-ring (bicyclic) bond motifs is 1. The summed E-state index contributed by atoms with van der Waals surface area (Å²) < 4.78 is 17.1. The highest BCUT2D eigenvalue weighted by molar-refractivity contribution is 7.71. The molecule has 124 valence electrons. The highest BCUT2D eigenvalue weighted by Crippen LogP contribution is 2.24. The highest BCUT2D eigenvalue weighted by atomic mass is 32.1. The van der Waals surface area contributed by atoms with Gasteiger partial charge in [0.25, 0.3) is 0 Å². The number of thiophene rings is 1. The van der Waals surface area contributed by atoms with Crippen LogP contribution in [-0.4, -0.2) is 26.3 Å². The van der Waals surface area contributed by atoms with Crippen molar-refractivity contribution in [1.82, 2.24) is 19.8 Å². The van der Waals surface area contributed by atoms with Gasteiger partial charge in [0.15, 0.2) is 6.67 Å². The molecule has 3 aromatic rings. The van der Waals surface area contributed by atoms with E-state index in [4.69, 9.17) is 12.2 Å². The van der Waals surface area contributed by atoms with Gasteiger partial charge in [0.1, 0.15) is 11.9 Å². The van der Waals surface area contributed by atoms with Crippen molar-refractivity contribution in [3.63, 3.8) is 0 Å². The van der Waals surface area contributed by atoms with E-state index in [1.165, 1.54) is 32.2 Å². The summed E-state index contributed by atoms with van der Waals surface area (Å²) in [5, 5.41) is 10.4. The Morgan fingerprint density at radius 3 is 3.08 bits per heavy atom. The van der Waals surface area contributed by atoms with Gasteiger partial charge in [-0.3, -0.25) is 0 Å². The van der Waals surface area contributed by atoms with Crippen molar-refractivity contribution in [3.05, 3.63) is 56.7 Å². The van der Waals surface area contributed by atoms with Gasteiger partial charge in [-0.15, -0.1) is 11.3 Å². The molecule has 0 aliphatic carbocycles. The fourth-order valence-electron chi connectivity index (χ4n) is 3.20. The molecule has 0 saturated heterocycles. The van der Waals surface area contributed by atoms with Crippen molar-refractivity contribution < 1.29 is 9.29 Å². The van der Waals surface area contributed by atoms with Crippen molar-refractivity contribution in [2.45, 2.75) is 26.1 Å². The molecule has 1 aliphatic heterocycles. The molecule has 24 heavy (non-hydrogen) atoms. The van der Waals surface area contributed by atoms with Crippen LogP contribution in [0.1, 0.15) is 23.4 Å². The zero-order valence-corrected chi connectivity index (χ0v) is 14.8. The molecule has 1 aliphatic rings. The van der Waals surface area contributed by atoms with E-state index in [1.807, 2.05) is 11.3 Å². The predicted molar refractivity (Wildman–Crippen MR) is 92.4 cm³/mol. The normalized spacial score (nSPS) is 20.1. The lowest BCUT2D eigenvalue weighted by Crippen LogP contribution is -3.12. The summed E-state index contributed by atoms with van der Waals surface area (Å²) in [6.45, 7) is 3.94. The molecule has 1 unspecified atom stereocenters. The number of hydrogen-bond donors (Lipinski definition) is 1. The van der Waals surface area contributed by atoms with Crippen molar-refractivity contribution >= 4 is 23.6 Å². The van der Waals surface area contributed by atoms with E-state index in [1.54, 1.807) is 16.8 Å². The first-order valence-electron chi connectivity index (χ1n) is 7.83. The highest BCUT2D eigenvalue weighted by Gasteiger charge is 2.28. The second-order valence-electron chi connectivity index (χ2n) is 5.99. The maximum absolute atomic E-state index is 13.4. The molecule has 2 atom stereocenters. The number of quaternary nitrogens is 1. The third-order valence-electron chi connectivity index (χ3n) is 4.58. The zero-order valence-electron chi connectivity index (χ0n) is 13.1. The number of tetrazole rings is 1. The van der Waals surface area contributed by atoms with Crippen LogP contribution in [-0.2, 0) is 13.1 Å². The second kappa shape index (κ2) is 6.19. The molecule has 0 saturated carbocycles. The Labute approximate surface area is 147 Å². The third kappa shape index (κ3) is 2.70. The molecular weight excluding hydrogens is 345 g/mol. The molecule has 4 rings (SSSR count). The van der Waals surface area contributed by atoms with Crippen LogP contribution in [0.25, 0.3) is 5.69 Å². The SMILES string of the molecule is C[C@@H]1c2ccsc2CC[NH+]1Cn1nnn(-c2cccc(F)c2)c1=S. The number of aromatic nitrogens is 4. The van der Waals surface area contributed by atoms with E-state index in [0.29, 0.717) is 23.2 Å². The quantitative estimate of drug-likeness (QED) is 0.726. The van der Waals surface area contributed by atoms with Crippen molar-refractivity contribution in [2.75, 3.05) is 6.54 Å². The topological polar surface area (TPSA) is 40.1 Å². The summed E-state index contributed by atoms with van der Waals surface area (Å²) in [6.07, 6.45) is 1.08. The maximum Gasteiger partial charge on any atom is 0.225 e. The van der Waals surface area contributed by atoms with Crippen LogP contribution in [0.3, 0.4) is 0 Å². The number of rotatable bonds is 3. The molecule has 0 radical (unpaired) electrons. The number of nitrogens with one attached hydrogen (secondary N) is 1. The average molecular weight is 362 g/mol. The maximum atomic E-state index is 13.4. The smallest absolute Gasteiger partial charge is 0.225 e. The van der Waals surface area contributed by atoms with Gasteiger partial charge in [-0.25, -0.2) is 4.39 Å². The largest absolute Gasteiger partial charge is 0.310 e. The Bertz CT molecular complexity index is 928. The molecule has 3 heterocycles. The number of halogens is 1. The first-order chi connectivity index (χ1) is 11.6. The van der Waals surface area contributed by atoms with Crippen LogP contribution >= 0.6 is 23.6 Å². The predicted octanol–water partition coefficient (Wildman–Crippen LogP) is 2.16. The van der Waals surface area contributed by atoms with Crippen LogP contribution < -0.4 is 4.90 Å². The fourth-order valence-corrected chi connectivity index (χ4v) is 4.42. The Morgan fingerprint density at radius 1 is 1.38 bits per heavy atom. The average Bonchev–Trinajstić information content (AvgIpc) is 3.18. The minimum absolute atomic E-state index is 0.316. The molecular formula is C16H17FN5S2+. The van der Waals surface area contributed by atoms with Gasteiger partial charge < -0.3 is 4.90 Å². The Morgan fingerprint density at radius 2 is 2.25 bits per heavy atom. The molecule has 0 spiro atoms. The minimum atomic E-state index is -0.316. The van der Waals surface area contributed by atoms with Crippen molar-refractivity contribution in [2.24, 2.45) is 0 Å².